The lowest BCUT2D eigenvalue weighted by Gasteiger charge is -2.13. The zero-order valence-corrected chi connectivity index (χ0v) is 14.0. The molecule has 1 N–H and O–H groups in total. The quantitative estimate of drug-likeness (QED) is 0.843. The number of carbonyl (C=O) groups is 2. The maximum Gasteiger partial charge on any atom is 0.414 e. The van der Waals surface area contributed by atoms with Crippen molar-refractivity contribution in [1.82, 2.24) is 0 Å². The normalized spacial score (nSPS) is 13.7. The van der Waals surface area contributed by atoms with Gasteiger partial charge < -0.3 is 14.8 Å². The molecule has 1 heterocycles. The van der Waals surface area contributed by atoms with Crippen molar-refractivity contribution < 1.29 is 27.8 Å². The number of halogens is 3. The number of anilines is 2. The van der Waals surface area contributed by atoms with Gasteiger partial charge in [0.25, 0.3) is 5.91 Å². The van der Waals surface area contributed by atoms with Crippen LogP contribution in [0.5, 0.6) is 5.75 Å². The van der Waals surface area contributed by atoms with E-state index in [1.54, 1.807) is 24.3 Å². The Labute approximate surface area is 152 Å². The second-order valence-electron chi connectivity index (χ2n) is 5.29. The third-order valence-corrected chi connectivity index (χ3v) is 3.90. The second-order valence-corrected chi connectivity index (χ2v) is 5.70. The van der Waals surface area contributed by atoms with E-state index in [0.29, 0.717) is 30.1 Å². The molecule has 0 atom stereocenters. The fourth-order valence-electron chi connectivity index (χ4n) is 2.39. The monoisotopic (exact) mass is 382 g/mol. The highest BCUT2D eigenvalue weighted by Gasteiger charge is 2.23. The third kappa shape index (κ3) is 4.02. The molecule has 26 heavy (non-hydrogen) atoms. The van der Waals surface area contributed by atoms with Crippen LogP contribution in [-0.4, -0.2) is 31.8 Å². The summed E-state index contributed by atoms with van der Waals surface area (Å²) in [5.41, 5.74) is 1.31. The van der Waals surface area contributed by atoms with Gasteiger partial charge in [-0.15, -0.1) is 0 Å². The number of carbonyl (C=O) groups excluding carboxylic acids is 2. The molecule has 0 spiro atoms. The number of nitrogens with one attached hydrogen (secondary N) is 1. The number of benzene rings is 2. The number of cyclic esters (lactones) is 1. The first-order chi connectivity index (χ1) is 12.4. The van der Waals surface area contributed by atoms with Gasteiger partial charge in [-0.1, -0.05) is 11.6 Å². The highest BCUT2D eigenvalue weighted by atomic mass is 35.5. The van der Waals surface area contributed by atoms with Crippen molar-refractivity contribution in [2.24, 2.45) is 0 Å². The second kappa shape index (κ2) is 7.57. The summed E-state index contributed by atoms with van der Waals surface area (Å²) >= 11 is 5.85. The molecule has 1 saturated heterocycles. The Balaban J connectivity index is 1.68. The number of amides is 2. The molecule has 0 saturated carbocycles. The summed E-state index contributed by atoms with van der Waals surface area (Å²) in [4.78, 5) is 25.3. The largest absolute Gasteiger partial charge is 0.447 e. The van der Waals surface area contributed by atoms with Crippen LogP contribution in [0.2, 0.25) is 5.02 Å². The molecule has 1 aliphatic heterocycles. The van der Waals surface area contributed by atoms with E-state index >= 15 is 0 Å². The van der Waals surface area contributed by atoms with Gasteiger partial charge in [0.1, 0.15) is 12.4 Å². The number of alkyl halides is 2. The molecule has 0 aliphatic carbocycles. The van der Waals surface area contributed by atoms with E-state index in [4.69, 9.17) is 16.3 Å². The highest BCUT2D eigenvalue weighted by Crippen LogP contribution is 2.29. The molecule has 0 bridgehead atoms. The fourth-order valence-corrected chi connectivity index (χ4v) is 2.62. The average Bonchev–Trinajstić information content (AvgIpc) is 3.03. The van der Waals surface area contributed by atoms with Gasteiger partial charge in [0.05, 0.1) is 11.6 Å². The Morgan fingerprint density at radius 3 is 2.54 bits per heavy atom. The van der Waals surface area contributed by atoms with Crippen molar-refractivity contribution in [1.29, 1.82) is 0 Å². The maximum absolute atomic E-state index is 12.3. The molecular weight excluding hydrogens is 370 g/mol. The number of rotatable bonds is 5. The Bertz CT molecular complexity index is 830. The molecular formula is C17H13ClF2N2O4. The summed E-state index contributed by atoms with van der Waals surface area (Å²) in [6.07, 6.45) is -0.428. The van der Waals surface area contributed by atoms with Crippen molar-refractivity contribution in [3.05, 3.63) is 53.1 Å². The first kappa shape index (κ1) is 17.9. The van der Waals surface area contributed by atoms with Gasteiger partial charge in [-0.05, 0) is 42.5 Å². The van der Waals surface area contributed by atoms with Crippen LogP contribution in [0.15, 0.2) is 42.5 Å². The summed E-state index contributed by atoms with van der Waals surface area (Å²) in [6.45, 7) is -2.21. The number of ether oxygens (including phenoxy) is 2. The molecule has 6 nitrogen and oxygen atoms in total. The molecule has 0 aromatic heterocycles. The summed E-state index contributed by atoms with van der Waals surface area (Å²) in [5.74, 6) is -0.597. The lowest BCUT2D eigenvalue weighted by atomic mass is 10.1. The Morgan fingerprint density at radius 2 is 1.96 bits per heavy atom. The van der Waals surface area contributed by atoms with Crippen LogP contribution in [0.1, 0.15) is 10.4 Å². The van der Waals surface area contributed by atoms with Crippen LogP contribution in [0.25, 0.3) is 0 Å². The lowest BCUT2D eigenvalue weighted by molar-refractivity contribution is -0.0497. The highest BCUT2D eigenvalue weighted by molar-refractivity contribution is 6.32. The van der Waals surface area contributed by atoms with Crippen molar-refractivity contribution in [2.45, 2.75) is 6.61 Å². The van der Waals surface area contributed by atoms with E-state index in [1.165, 1.54) is 23.1 Å². The van der Waals surface area contributed by atoms with Crippen LogP contribution in [0.4, 0.5) is 25.0 Å². The Kier molecular flexibility index (Phi) is 5.22. The van der Waals surface area contributed by atoms with Crippen molar-refractivity contribution in [3.63, 3.8) is 0 Å². The summed E-state index contributed by atoms with van der Waals surface area (Å²) in [5, 5.41) is 2.56. The molecule has 1 fully saturated rings. The Hall–Kier alpha value is -2.87. The van der Waals surface area contributed by atoms with Gasteiger partial charge in [0, 0.05) is 16.9 Å². The van der Waals surface area contributed by atoms with Crippen LogP contribution < -0.4 is 15.0 Å². The zero-order valence-electron chi connectivity index (χ0n) is 13.2. The van der Waals surface area contributed by atoms with Gasteiger partial charge in [-0.3, -0.25) is 9.69 Å². The maximum atomic E-state index is 12.3. The van der Waals surface area contributed by atoms with E-state index in [9.17, 15) is 18.4 Å². The smallest absolute Gasteiger partial charge is 0.414 e. The SMILES string of the molecule is O=C(Nc1ccc(OC(F)F)c(Cl)c1)c1ccc(N2CCOC2=O)cc1. The molecule has 136 valence electrons. The molecule has 2 aromatic carbocycles. The minimum Gasteiger partial charge on any atom is -0.447 e. The van der Waals surface area contributed by atoms with Gasteiger partial charge in [-0.2, -0.15) is 8.78 Å². The van der Waals surface area contributed by atoms with Crippen molar-refractivity contribution in [3.8, 4) is 5.75 Å². The third-order valence-electron chi connectivity index (χ3n) is 3.61. The van der Waals surface area contributed by atoms with E-state index in [0.717, 1.165) is 0 Å². The van der Waals surface area contributed by atoms with Crippen LogP contribution in [0.3, 0.4) is 0 Å². The topological polar surface area (TPSA) is 67.9 Å². The predicted molar refractivity (Wildman–Crippen MR) is 91.2 cm³/mol. The number of hydrogen-bond acceptors (Lipinski definition) is 4. The van der Waals surface area contributed by atoms with Gasteiger partial charge in [-0.25, -0.2) is 4.79 Å². The molecule has 2 amide bonds. The van der Waals surface area contributed by atoms with E-state index < -0.39 is 18.6 Å². The minimum atomic E-state index is -2.99. The van der Waals surface area contributed by atoms with Crippen molar-refractivity contribution in [2.75, 3.05) is 23.4 Å². The zero-order chi connectivity index (χ0) is 18.7. The van der Waals surface area contributed by atoms with Gasteiger partial charge in [0.15, 0.2) is 0 Å². The van der Waals surface area contributed by atoms with Gasteiger partial charge in [0.2, 0.25) is 0 Å². The Morgan fingerprint density at radius 1 is 1.23 bits per heavy atom. The first-order valence-electron chi connectivity index (χ1n) is 7.54. The van der Waals surface area contributed by atoms with Gasteiger partial charge >= 0.3 is 12.7 Å². The molecule has 1 aliphatic rings. The summed E-state index contributed by atoms with van der Waals surface area (Å²) < 4.78 is 33.5. The number of nitrogens with zero attached hydrogens (tertiary/aromatic N) is 1. The van der Waals surface area contributed by atoms with E-state index in [1.807, 2.05) is 0 Å². The fraction of sp³-hybridized carbons (Fsp3) is 0.176. The summed E-state index contributed by atoms with van der Waals surface area (Å²) in [6, 6.07) is 10.3. The summed E-state index contributed by atoms with van der Waals surface area (Å²) in [7, 11) is 0. The lowest BCUT2D eigenvalue weighted by Crippen LogP contribution is -2.23. The molecule has 3 rings (SSSR count). The van der Waals surface area contributed by atoms with Crippen LogP contribution in [-0.2, 0) is 4.74 Å². The molecule has 9 heteroatoms. The molecule has 2 aromatic rings. The predicted octanol–water partition coefficient (Wildman–Crippen LogP) is 4.15. The van der Waals surface area contributed by atoms with E-state index in [-0.39, 0.29) is 10.8 Å². The average molecular weight is 383 g/mol. The molecule has 0 radical (unpaired) electrons. The minimum absolute atomic E-state index is 0.0500. The van der Waals surface area contributed by atoms with Crippen molar-refractivity contribution >= 4 is 35.0 Å². The van der Waals surface area contributed by atoms with Crippen LogP contribution in [0, 0.1) is 0 Å². The molecule has 0 unspecified atom stereocenters. The number of hydrogen-bond donors (Lipinski definition) is 1. The van der Waals surface area contributed by atoms with Crippen LogP contribution >= 0.6 is 11.6 Å². The standard InChI is InChI=1S/C17H13ClF2N2O4/c18-13-9-11(3-6-14(13)26-16(19)20)21-15(23)10-1-4-12(5-2-10)22-7-8-25-17(22)24/h1-6,9,16H,7-8H2,(H,21,23). The van der Waals surface area contributed by atoms with E-state index in [2.05, 4.69) is 10.1 Å². The first-order valence-corrected chi connectivity index (χ1v) is 7.92.